The van der Waals surface area contributed by atoms with Crippen molar-refractivity contribution in [1.29, 1.82) is 0 Å². The molecule has 1 atom stereocenters. The molecule has 6 heteroatoms. The van der Waals surface area contributed by atoms with Crippen LogP contribution in [0.5, 0.6) is 0 Å². The molecule has 1 amide bonds. The Bertz CT molecular complexity index is 938. The van der Waals surface area contributed by atoms with E-state index in [0.29, 0.717) is 6.54 Å². The van der Waals surface area contributed by atoms with Crippen LogP contribution in [0.25, 0.3) is 10.2 Å². The van der Waals surface area contributed by atoms with Crippen molar-refractivity contribution < 1.29 is 4.79 Å². The molecule has 0 bridgehead atoms. The Hall–Kier alpha value is -2.47. The monoisotopic (exact) mass is 366 g/mol. The van der Waals surface area contributed by atoms with E-state index in [9.17, 15) is 4.79 Å². The van der Waals surface area contributed by atoms with E-state index < -0.39 is 0 Å². The zero-order valence-corrected chi connectivity index (χ0v) is 15.8. The van der Waals surface area contributed by atoms with Crippen molar-refractivity contribution in [3.63, 3.8) is 0 Å². The van der Waals surface area contributed by atoms with Gasteiger partial charge in [-0.15, -0.1) is 11.3 Å². The van der Waals surface area contributed by atoms with E-state index >= 15 is 0 Å². The first-order valence-electron chi connectivity index (χ1n) is 8.95. The highest BCUT2D eigenvalue weighted by Gasteiger charge is 2.28. The molecule has 1 N–H and O–H groups in total. The highest BCUT2D eigenvalue weighted by Crippen LogP contribution is 2.35. The molecule has 3 heterocycles. The average molecular weight is 366 g/mol. The third-order valence-electron chi connectivity index (χ3n) is 5.08. The van der Waals surface area contributed by atoms with Gasteiger partial charge in [0, 0.05) is 23.7 Å². The Balaban J connectivity index is 1.57. The lowest BCUT2D eigenvalue weighted by atomic mass is 9.96. The van der Waals surface area contributed by atoms with Crippen LogP contribution in [0.3, 0.4) is 0 Å². The number of aromatic nitrogens is 2. The molecular formula is C20H22N4OS. The number of thiophene rings is 1. The normalized spacial score (nSPS) is 17.5. The Labute approximate surface area is 157 Å². The molecule has 0 aliphatic carbocycles. The van der Waals surface area contributed by atoms with Gasteiger partial charge in [0.05, 0.1) is 11.3 Å². The molecule has 1 unspecified atom stereocenters. The van der Waals surface area contributed by atoms with E-state index in [0.717, 1.165) is 41.1 Å². The molecule has 134 valence electrons. The number of carbonyl (C=O) groups is 1. The molecular weight excluding hydrogens is 344 g/mol. The van der Waals surface area contributed by atoms with Crippen LogP contribution in [-0.4, -0.2) is 29.0 Å². The summed E-state index contributed by atoms with van der Waals surface area (Å²) in [6.45, 7) is 5.87. The lowest BCUT2D eigenvalue weighted by molar-refractivity contribution is -0.120. The van der Waals surface area contributed by atoms with Crippen molar-refractivity contribution in [3.05, 3.63) is 47.1 Å². The van der Waals surface area contributed by atoms with Gasteiger partial charge in [0.1, 0.15) is 17.0 Å². The fourth-order valence-electron chi connectivity index (χ4n) is 3.55. The van der Waals surface area contributed by atoms with Gasteiger partial charge in [-0.25, -0.2) is 9.97 Å². The summed E-state index contributed by atoms with van der Waals surface area (Å²) in [5, 5.41) is 4.18. The van der Waals surface area contributed by atoms with Crippen LogP contribution in [0.2, 0.25) is 0 Å². The number of aryl methyl sites for hydroxylation is 2. The maximum absolute atomic E-state index is 12.7. The van der Waals surface area contributed by atoms with E-state index in [4.69, 9.17) is 0 Å². The highest BCUT2D eigenvalue weighted by molar-refractivity contribution is 7.18. The van der Waals surface area contributed by atoms with Crippen LogP contribution in [0.4, 0.5) is 11.5 Å². The van der Waals surface area contributed by atoms with Crippen LogP contribution in [0, 0.1) is 19.8 Å². The number of piperidine rings is 1. The molecule has 5 nitrogen and oxygen atoms in total. The molecule has 26 heavy (non-hydrogen) atoms. The number of rotatable bonds is 3. The Morgan fingerprint density at radius 3 is 2.85 bits per heavy atom. The van der Waals surface area contributed by atoms with Crippen molar-refractivity contribution in [1.82, 2.24) is 9.97 Å². The van der Waals surface area contributed by atoms with Crippen molar-refractivity contribution in [3.8, 4) is 0 Å². The minimum atomic E-state index is -0.0333. The molecule has 1 aliphatic heterocycles. The number of hydrogen-bond acceptors (Lipinski definition) is 5. The van der Waals surface area contributed by atoms with Crippen molar-refractivity contribution in [2.24, 2.45) is 5.92 Å². The Morgan fingerprint density at radius 1 is 1.23 bits per heavy atom. The summed E-state index contributed by atoms with van der Waals surface area (Å²) >= 11 is 1.71. The van der Waals surface area contributed by atoms with Gasteiger partial charge >= 0.3 is 0 Å². The van der Waals surface area contributed by atoms with Crippen LogP contribution in [-0.2, 0) is 4.79 Å². The van der Waals surface area contributed by atoms with Gasteiger partial charge in [0.2, 0.25) is 5.91 Å². The second-order valence-electron chi connectivity index (χ2n) is 6.80. The molecule has 3 aromatic rings. The fraction of sp³-hybridized carbons (Fsp3) is 0.350. The number of nitrogens with zero attached hydrogens (tertiary/aromatic N) is 3. The van der Waals surface area contributed by atoms with Gasteiger partial charge in [0.15, 0.2) is 0 Å². The van der Waals surface area contributed by atoms with Gasteiger partial charge in [-0.2, -0.15) is 0 Å². The quantitative estimate of drug-likeness (QED) is 0.756. The summed E-state index contributed by atoms with van der Waals surface area (Å²) in [6.07, 6.45) is 3.53. The topological polar surface area (TPSA) is 58.1 Å². The van der Waals surface area contributed by atoms with Gasteiger partial charge in [-0.1, -0.05) is 18.2 Å². The summed E-state index contributed by atoms with van der Waals surface area (Å²) in [5.74, 6) is 1.02. The van der Waals surface area contributed by atoms with Gasteiger partial charge < -0.3 is 10.2 Å². The number of carbonyl (C=O) groups excluding carboxylic acids is 1. The lowest BCUT2D eigenvalue weighted by Crippen LogP contribution is -2.41. The maximum atomic E-state index is 12.7. The largest absolute Gasteiger partial charge is 0.355 e. The molecule has 1 fully saturated rings. The first-order chi connectivity index (χ1) is 12.6. The second-order valence-corrected chi connectivity index (χ2v) is 8.00. The summed E-state index contributed by atoms with van der Waals surface area (Å²) in [6, 6.07) is 9.65. The SMILES string of the molecule is Cc1sc2ncnc(N3CCCC(C(=O)Nc4ccccc4)C3)c2c1C. The molecule has 0 radical (unpaired) electrons. The van der Waals surface area contributed by atoms with Gasteiger partial charge in [0.25, 0.3) is 0 Å². The molecule has 0 spiro atoms. The van der Waals surface area contributed by atoms with E-state index in [1.54, 1.807) is 17.7 Å². The lowest BCUT2D eigenvalue weighted by Gasteiger charge is -2.33. The molecule has 1 aliphatic rings. The molecule has 0 saturated carbocycles. The molecule has 1 aromatic carbocycles. The molecule has 4 rings (SSSR count). The molecule has 2 aromatic heterocycles. The summed E-state index contributed by atoms with van der Waals surface area (Å²) in [4.78, 5) is 26.3. The maximum Gasteiger partial charge on any atom is 0.229 e. The highest BCUT2D eigenvalue weighted by atomic mass is 32.1. The standard InChI is InChI=1S/C20H22N4OS/c1-13-14(2)26-20-17(13)18(21-12-22-20)24-10-6-7-15(11-24)19(25)23-16-8-4-3-5-9-16/h3-5,8-9,12,15H,6-7,10-11H2,1-2H3,(H,23,25). The number of amides is 1. The number of hydrogen-bond donors (Lipinski definition) is 1. The number of fused-ring (bicyclic) bond motifs is 1. The molecule has 1 saturated heterocycles. The Kier molecular flexibility index (Phi) is 4.59. The number of benzene rings is 1. The summed E-state index contributed by atoms with van der Waals surface area (Å²) < 4.78 is 0. The predicted octanol–water partition coefficient (Wildman–Crippen LogP) is 4.16. The second kappa shape index (κ2) is 7.03. The minimum Gasteiger partial charge on any atom is -0.355 e. The minimum absolute atomic E-state index is 0.0333. The zero-order valence-electron chi connectivity index (χ0n) is 15.0. The zero-order chi connectivity index (χ0) is 18.1. The van der Waals surface area contributed by atoms with E-state index in [-0.39, 0.29) is 11.8 Å². The predicted molar refractivity (Wildman–Crippen MR) is 107 cm³/mol. The van der Waals surface area contributed by atoms with Crippen molar-refractivity contribution in [2.45, 2.75) is 26.7 Å². The third-order valence-corrected chi connectivity index (χ3v) is 6.19. The summed E-state index contributed by atoms with van der Waals surface area (Å²) in [7, 11) is 0. The van der Waals surface area contributed by atoms with Crippen molar-refractivity contribution >= 4 is 39.0 Å². The first kappa shape index (κ1) is 17.0. The number of para-hydroxylation sites is 1. The fourth-order valence-corrected chi connectivity index (χ4v) is 4.54. The van der Waals surface area contributed by atoms with Crippen LogP contribution < -0.4 is 10.2 Å². The van der Waals surface area contributed by atoms with E-state index in [1.165, 1.54) is 10.4 Å². The van der Waals surface area contributed by atoms with E-state index in [1.807, 2.05) is 30.3 Å². The first-order valence-corrected chi connectivity index (χ1v) is 9.76. The number of anilines is 2. The number of nitrogens with one attached hydrogen (secondary N) is 1. The van der Waals surface area contributed by atoms with Crippen molar-refractivity contribution in [2.75, 3.05) is 23.3 Å². The third kappa shape index (κ3) is 3.17. The van der Waals surface area contributed by atoms with Gasteiger partial charge in [-0.05, 0) is 44.4 Å². The smallest absolute Gasteiger partial charge is 0.229 e. The van der Waals surface area contributed by atoms with Crippen LogP contribution >= 0.6 is 11.3 Å². The van der Waals surface area contributed by atoms with E-state index in [2.05, 4.69) is 34.0 Å². The van der Waals surface area contributed by atoms with Crippen LogP contribution in [0.15, 0.2) is 36.7 Å². The van der Waals surface area contributed by atoms with Gasteiger partial charge in [-0.3, -0.25) is 4.79 Å². The Morgan fingerprint density at radius 2 is 2.04 bits per heavy atom. The summed E-state index contributed by atoms with van der Waals surface area (Å²) in [5.41, 5.74) is 2.10. The average Bonchev–Trinajstić information content (AvgIpc) is 2.97. The van der Waals surface area contributed by atoms with Crippen LogP contribution in [0.1, 0.15) is 23.3 Å².